The zero-order valence-corrected chi connectivity index (χ0v) is 10.0. The Kier molecular flexibility index (Phi) is 4.13. The van der Waals surface area contributed by atoms with E-state index >= 15 is 0 Å². The second-order valence-electron chi connectivity index (χ2n) is 3.54. The molecule has 0 radical (unpaired) electrons. The molecule has 0 atom stereocenters. The van der Waals surface area contributed by atoms with Gasteiger partial charge in [0.15, 0.2) is 0 Å². The van der Waals surface area contributed by atoms with Gasteiger partial charge in [-0.05, 0) is 34.7 Å². The first-order valence-corrected chi connectivity index (χ1v) is 5.52. The molecule has 0 heterocycles. The summed E-state index contributed by atoms with van der Waals surface area (Å²) in [7, 11) is 1.68. The fourth-order valence-electron chi connectivity index (χ4n) is 1.24. The van der Waals surface area contributed by atoms with Gasteiger partial charge in [-0.15, -0.1) is 10.2 Å². The molecule has 0 aliphatic heterocycles. The molecule has 0 saturated heterocycles. The van der Waals surface area contributed by atoms with Gasteiger partial charge in [0.25, 0.3) is 0 Å². The van der Waals surface area contributed by atoms with Crippen LogP contribution in [0.25, 0.3) is 0 Å². The number of nitrogens with zero attached hydrogens (tertiary/aromatic N) is 5. The summed E-state index contributed by atoms with van der Waals surface area (Å²) in [6.07, 6.45) is 0. The normalized spacial score (nSPS) is 11.2. The molecule has 0 saturated carbocycles. The standard InChI is InChI=1S/C13H13N5/c1-18(16-14-12-8-4-2-5-9-12)17-15-13-10-6-3-7-11-13/h2-11H,1H3. The minimum atomic E-state index is 0.777. The average Bonchev–Trinajstić information content (AvgIpc) is 2.45. The van der Waals surface area contributed by atoms with Gasteiger partial charge in [0.2, 0.25) is 0 Å². The Labute approximate surface area is 105 Å². The molecule has 0 spiro atoms. The average molecular weight is 239 g/mol. The molecule has 0 unspecified atom stereocenters. The van der Waals surface area contributed by atoms with E-state index in [1.807, 2.05) is 60.7 Å². The van der Waals surface area contributed by atoms with Crippen LogP contribution in [-0.2, 0) is 0 Å². The summed E-state index contributed by atoms with van der Waals surface area (Å²) in [5.41, 5.74) is 1.55. The Bertz CT molecular complexity index is 472. The van der Waals surface area contributed by atoms with Crippen LogP contribution in [0, 0.1) is 0 Å². The molecule has 0 aromatic heterocycles. The Balaban J connectivity index is 1.95. The summed E-state index contributed by atoms with van der Waals surface area (Å²) in [5, 5.41) is 17.2. The second kappa shape index (κ2) is 6.24. The van der Waals surface area contributed by atoms with Crippen molar-refractivity contribution < 1.29 is 0 Å². The lowest BCUT2D eigenvalue weighted by Crippen LogP contribution is -1.97. The molecular weight excluding hydrogens is 226 g/mol. The highest BCUT2D eigenvalue weighted by Crippen LogP contribution is 2.13. The van der Waals surface area contributed by atoms with Gasteiger partial charge in [-0.1, -0.05) is 36.4 Å². The molecule has 2 aromatic carbocycles. The largest absolute Gasteiger partial charge is 0.150 e. The van der Waals surface area contributed by atoms with Crippen molar-refractivity contribution in [1.29, 1.82) is 0 Å². The van der Waals surface area contributed by atoms with Gasteiger partial charge in [-0.3, -0.25) is 0 Å². The van der Waals surface area contributed by atoms with Crippen LogP contribution in [0.2, 0.25) is 0 Å². The monoisotopic (exact) mass is 239 g/mol. The SMILES string of the molecule is CN(N=Nc1ccccc1)N=Nc1ccccc1. The van der Waals surface area contributed by atoms with Crippen LogP contribution in [0.5, 0.6) is 0 Å². The van der Waals surface area contributed by atoms with Crippen LogP contribution in [0.3, 0.4) is 0 Å². The van der Waals surface area contributed by atoms with Gasteiger partial charge in [-0.25, -0.2) is 0 Å². The van der Waals surface area contributed by atoms with Crippen LogP contribution in [0.1, 0.15) is 0 Å². The highest BCUT2D eigenvalue weighted by Gasteiger charge is 1.90. The lowest BCUT2D eigenvalue weighted by Gasteiger charge is -2.00. The van der Waals surface area contributed by atoms with E-state index in [0.717, 1.165) is 11.4 Å². The first-order valence-electron chi connectivity index (χ1n) is 5.52. The van der Waals surface area contributed by atoms with Gasteiger partial charge < -0.3 is 0 Å². The summed E-state index contributed by atoms with van der Waals surface area (Å²) in [6, 6.07) is 18.9. The highest BCUT2D eigenvalue weighted by atomic mass is 15.7. The number of hydrogen-bond donors (Lipinski definition) is 0. The van der Waals surface area contributed by atoms with Gasteiger partial charge >= 0.3 is 0 Å². The Morgan fingerprint density at radius 3 is 1.44 bits per heavy atom. The third-order valence-electron chi connectivity index (χ3n) is 2.09. The zero-order valence-electron chi connectivity index (χ0n) is 10.0. The summed E-state index contributed by atoms with van der Waals surface area (Å²) in [6.45, 7) is 0. The summed E-state index contributed by atoms with van der Waals surface area (Å²) >= 11 is 0. The van der Waals surface area contributed by atoms with Crippen molar-refractivity contribution in [2.75, 3.05) is 7.05 Å². The van der Waals surface area contributed by atoms with Crippen molar-refractivity contribution in [2.45, 2.75) is 0 Å². The molecule has 5 heteroatoms. The predicted molar refractivity (Wildman–Crippen MR) is 69.7 cm³/mol. The van der Waals surface area contributed by atoms with E-state index in [1.165, 1.54) is 5.12 Å². The molecule has 0 amide bonds. The first-order chi connectivity index (χ1) is 8.84. The predicted octanol–water partition coefficient (Wildman–Crippen LogP) is 4.32. The Morgan fingerprint density at radius 1 is 0.667 bits per heavy atom. The molecule has 90 valence electrons. The van der Waals surface area contributed by atoms with Gasteiger partial charge in [0.05, 0.1) is 18.4 Å². The molecule has 5 nitrogen and oxygen atoms in total. The fourth-order valence-corrected chi connectivity index (χ4v) is 1.24. The zero-order chi connectivity index (χ0) is 12.6. The van der Waals surface area contributed by atoms with Gasteiger partial charge in [-0.2, -0.15) is 5.12 Å². The highest BCUT2D eigenvalue weighted by molar-refractivity contribution is 5.35. The topological polar surface area (TPSA) is 52.7 Å². The molecule has 18 heavy (non-hydrogen) atoms. The second-order valence-corrected chi connectivity index (χ2v) is 3.54. The first kappa shape index (κ1) is 11.9. The van der Waals surface area contributed by atoms with Crippen LogP contribution in [-0.4, -0.2) is 12.2 Å². The van der Waals surface area contributed by atoms with E-state index in [2.05, 4.69) is 20.7 Å². The van der Waals surface area contributed by atoms with Crippen molar-refractivity contribution in [3.8, 4) is 0 Å². The van der Waals surface area contributed by atoms with E-state index in [0.29, 0.717) is 0 Å². The number of rotatable bonds is 4. The van der Waals surface area contributed by atoms with Crippen molar-refractivity contribution in [3.05, 3.63) is 60.7 Å². The number of benzene rings is 2. The maximum atomic E-state index is 4.02. The smallest absolute Gasteiger partial charge is 0.0874 e. The lowest BCUT2D eigenvalue weighted by atomic mass is 10.3. The minimum Gasteiger partial charge on any atom is -0.150 e. The van der Waals surface area contributed by atoms with Crippen molar-refractivity contribution >= 4 is 11.4 Å². The van der Waals surface area contributed by atoms with E-state index in [4.69, 9.17) is 0 Å². The molecular formula is C13H13N5. The quantitative estimate of drug-likeness (QED) is 0.579. The van der Waals surface area contributed by atoms with E-state index in [-0.39, 0.29) is 0 Å². The lowest BCUT2D eigenvalue weighted by molar-refractivity contribution is 0.329. The minimum absolute atomic E-state index is 0.777. The molecule has 0 bridgehead atoms. The molecule has 2 aromatic rings. The van der Waals surface area contributed by atoms with Crippen molar-refractivity contribution in [1.82, 2.24) is 5.12 Å². The van der Waals surface area contributed by atoms with Gasteiger partial charge in [0, 0.05) is 0 Å². The van der Waals surface area contributed by atoms with Gasteiger partial charge in [0.1, 0.15) is 0 Å². The van der Waals surface area contributed by atoms with E-state index in [1.54, 1.807) is 7.05 Å². The van der Waals surface area contributed by atoms with Crippen LogP contribution in [0.4, 0.5) is 11.4 Å². The molecule has 2 rings (SSSR count). The maximum Gasteiger partial charge on any atom is 0.0874 e. The molecule has 0 aliphatic carbocycles. The third-order valence-corrected chi connectivity index (χ3v) is 2.09. The molecule has 0 N–H and O–H groups in total. The summed E-state index contributed by atoms with van der Waals surface area (Å²) in [4.78, 5) is 0. The molecule has 0 aliphatic rings. The maximum absolute atomic E-state index is 4.02. The fraction of sp³-hybridized carbons (Fsp3) is 0.0769. The van der Waals surface area contributed by atoms with Crippen molar-refractivity contribution in [3.63, 3.8) is 0 Å². The Hall–Kier alpha value is -2.56. The Morgan fingerprint density at radius 2 is 1.06 bits per heavy atom. The van der Waals surface area contributed by atoms with E-state index in [9.17, 15) is 0 Å². The molecule has 0 fully saturated rings. The summed E-state index contributed by atoms with van der Waals surface area (Å²) in [5.74, 6) is 0. The third kappa shape index (κ3) is 3.79. The van der Waals surface area contributed by atoms with Crippen molar-refractivity contribution in [2.24, 2.45) is 20.7 Å². The van der Waals surface area contributed by atoms with Crippen LogP contribution in [0.15, 0.2) is 81.3 Å². The summed E-state index contributed by atoms with van der Waals surface area (Å²) < 4.78 is 0. The van der Waals surface area contributed by atoms with Crippen LogP contribution >= 0.6 is 0 Å². The van der Waals surface area contributed by atoms with E-state index < -0.39 is 0 Å². The van der Waals surface area contributed by atoms with Crippen LogP contribution < -0.4 is 0 Å². The number of hydrogen-bond acceptors (Lipinski definition) is 4.